The summed E-state index contributed by atoms with van der Waals surface area (Å²) in [5.41, 5.74) is 13.0. The Morgan fingerprint density at radius 1 is 0.595 bits per heavy atom. The lowest BCUT2D eigenvalue weighted by molar-refractivity contribution is 0.804. The SMILES string of the molecule is c1ccc(-c2ccc3c(c2)B2c4cc(-n5ccnn5)ccc4-c4ccccc4N2c2ccccc2-3)nc1. The van der Waals surface area contributed by atoms with E-state index in [1.54, 1.807) is 6.20 Å². The van der Waals surface area contributed by atoms with Crippen LogP contribution >= 0.6 is 0 Å². The third-order valence-corrected chi connectivity index (χ3v) is 7.49. The highest BCUT2D eigenvalue weighted by Crippen LogP contribution is 2.46. The van der Waals surface area contributed by atoms with E-state index in [-0.39, 0.29) is 6.85 Å². The molecule has 0 bridgehead atoms. The van der Waals surface area contributed by atoms with Crippen molar-refractivity contribution in [1.29, 1.82) is 0 Å². The van der Waals surface area contributed by atoms with Crippen LogP contribution in [0.25, 0.3) is 39.2 Å². The van der Waals surface area contributed by atoms with Crippen LogP contribution in [0.4, 0.5) is 11.4 Å². The summed E-state index contributed by atoms with van der Waals surface area (Å²) < 4.78 is 1.83. The maximum absolute atomic E-state index is 4.64. The van der Waals surface area contributed by atoms with Crippen molar-refractivity contribution in [2.24, 2.45) is 0 Å². The van der Waals surface area contributed by atoms with Gasteiger partial charge < -0.3 is 4.81 Å². The quantitative estimate of drug-likeness (QED) is 0.323. The van der Waals surface area contributed by atoms with Crippen LogP contribution in [0.15, 0.2) is 122 Å². The second-order valence-electron chi connectivity index (χ2n) is 9.44. The van der Waals surface area contributed by atoms with Crippen LogP contribution in [0.5, 0.6) is 0 Å². The monoisotopic (exact) mass is 473 g/mol. The molecule has 0 atom stereocenters. The van der Waals surface area contributed by atoms with Gasteiger partial charge in [0.2, 0.25) is 0 Å². The highest BCUT2D eigenvalue weighted by molar-refractivity contribution is 6.92. The van der Waals surface area contributed by atoms with E-state index in [9.17, 15) is 0 Å². The molecule has 2 aromatic heterocycles. The number of aromatic nitrogens is 4. The summed E-state index contributed by atoms with van der Waals surface area (Å²) in [5.74, 6) is 0. The summed E-state index contributed by atoms with van der Waals surface area (Å²) in [7, 11) is 0. The van der Waals surface area contributed by atoms with E-state index in [0.717, 1.165) is 16.9 Å². The van der Waals surface area contributed by atoms with Gasteiger partial charge in [-0.05, 0) is 64.0 Å². The molecule has 8 rings (SSSR count). The highest BCUT2D eigenvalue weighted by Gasteiger charge is 2.42. The maximum Gasteiger partial charge on any atom is 0.329 e. The molecule has 5 nitrogen and oxygen atoms in total. The van der Waals surface area contributed by atoms with E-state index in [1.807, 2.05) is 29.2 Å². The molecule has 0 spiro atoms. The predicted molar refractivity (Wildman–Crippen MR) is 149 cm³/mol. The van der Waals surface area contributed by atoms with Crippen molar-refractivity contribution in [3.8, 4) is 39.2 Å². The van der Waals surface area contributed by atoms with Crippen molar-refractivity contribution in [3.63, 3.8) is 0 Å². The van der Waals surface area contributed by atoms with Gasteiger partial charge in [-0.25, -0.2) is 4.68 Å². The molecule has 0 amide bonds. The molecule has 0 saturated carbocycles. The average Bonchev–Trinajstić information content (AvgIpc) is 3.52. The molecule has 172 valence electrons. The minimum absolute atomic E-state index is 0.00179. The molecular formula is C31H20BN5. The van der Waals surface area contributed by atoms with E-state index in [4.69, 9.17) is 0 Å². The van der Waals surface area contributed by atoms with Crippen LogP contribution in [-0.2, 0) is 0 Å². The first-order valence-electron chi connectivity index (χ1n) is 12.4. The number of benzene rings is 4. The van der Waals surface area contributed by atoms with Crippen molar-refractivity contribution in [3.05, 3.63) is 122 Å². The Morgan fingerprint density at radius 3 is 2.00 bits per heavy atom. The Hall–Kier alpha value is -4.97. The van der Waals surface area contributed by atoms with Crippen molar-refractivity contribution >= 4 is 29.1 Å². The molecular weight excluding hydrogens is 453 g/mol. The third kappa shape index (κ3) is 2.96. The summed E-state index contributed by atoms with van der Waals surface area (Å²) in [6.45, 7) is 0.00179. The molecule has 0 saturated heterocycles. The minimum atomic E-state index is 0.00179. The standard InChI is InChI=1S/C31H20BN5/c1-3-10-30-25(7-1)23-14-12-21(29-9-5-6-16-33-29)19-27(23)32-28-20-22(36-18-17-34-35-36)13-15-24(28)26-8-2-4-11-31(26)37(30)32/h1-20H. The highest BCUT2D eigenvalue weighted by atomic mass is 15.4. The van der Waals surface area contributed by atoms with E-state index in [2.05, 4.69) is 111 Å². The van der Waals surface area contributed by atoms with Crippen LogP contribution in [0.1, 0.15) is 0 Å². The number of pyridine rings is 1. The summed E-state index contributed by atoms with van der Waals surface area (Å²) in [6.07, 6.45) is 5.46. The predicted octanol–water partition coefficient (Wildman–Crippen LogP) is 5.23. The van der Waals surface area contributed by atoms with Crippen LogP contribution in [0.3, 0.4) is 0 Å². The fourth-order valence-electron chi connectivity index (χ4n) is 5.91. The molecule has 2 aliphatic rings. The molecule has 0 unspecified atom stereocenters. The molecule has 0 radical (unpaired) electrons. The van der Waals surface area contributed by atoms with Crippen molar-refractivity contribution in [1.82, 2.24) is 20.0 Å². The Kier molecular flexibility index (Phi) is 4.25. The van der Waals surface area contributed by atoms with Gasteiger partial charge in [0.1, 0.15) is 0 Å². The molecule has 0 N–H and O–H groups in total. The Bertz CT molecular complexity index is 1800. The van der Waals surface area contributed by atoms with Gasteiger partial charge in [-0.15, -0.1) is 5.10 Å². The van der Waals surface area contributed by atoms with E-state index in [1.165, 1.54) is 44.6 Å². The van der Waals surface area contributed by atoms with Gasteiger partial charge in [0.15, 0.2) is 0 Å². The van der Waals surface area contributed by atoms with Crippen molar-refractivity contribution in [2.45, 2.75) is 0 Å². The van der Waals surface area contributed by atoms with Gasteiger partial charge in [-0.1, -0.05) is 71.9 Å². The number of anilines is 2. The molecule has 2 aliphatic heterocycles. The topological polar surface area (TPSA) is 46.8 Å². The molecule has 0 fully saturated rings. The molecule has 4 heterocycles. The number of nitrogens with zero attached hydrogens (tertiary/aromatic N) is 5. The number of hydrogen-bond donors (Lipinski definition) is 0. The first-order valence-corrected chi connectivity index (χ1v) is 12.4. The smallest absolute Gasteiger partial charge is 0.329 e. The minimum Gasteiger partial charge on any atom is -0.376 e. The zero-order chi connectivity index (χ0) is 24.3. The first kappa shape index (κ1) is 20.2. The summed E-state index contributed by atoms with van der Waals surface area (Å²) in [6, 6.07) is 36.9. The Labute approximate surface area is 214 Å². The molecule has 4 aromatic carbocycles. The molecule has 6 heteroatoms. The fraction of sp³-hybridized carbons (Fsp3) is 0. The third-order valence-electron chi connectivity index (χ3n) is 7.49. The van der Waals surface area contributed by atoms with Crippen molar-refractivity contribution in [2.75, 3.05) is 4.81 Å². The fourth-order valence-corrected chi connectivity index (χ4v) is 5.91. The van der Waals surface area contributed by atoms with E-state index in [0.29, 0.717) is 0 Å². The lowest BCUT2D eigenvalue weighted by atomic mass is 9.43. The van der Waals surface area contributed by atoms with Gasteiger partial charge in [0.05, 0.1) is 23.8 Å². The lowest BCUT2D eigenvalue weighted by Crippen LogP contribution is -2.59. The number of para-hydroxylation sites is 2. The number of rotatable bonds is 2. The van der Waals surface area contributed by atoms with Gasteiger partial charge in [-0.3, -0.25) is 4.98 Å². The summed E-state index contributed by atoms with van der Waals surface area (Å²) in [5, 5.41) is 8.30. The van der Waals surface area contributed by atoms with E-state index >= 15 is 0 Å². The van der Waals surface area contributed by atoms with Crippen LogP contribution in [0.2, 0.25) is 0 Å². The molecule has 37 heavy (non-hydrogen) atoms. The van der Waals surface area contributed by atoms with Gasteiger partial charge in [0.25, 0.3) is 0 Å². The molecule has 0 aliphatic carbocycles. The second-order valence-corrected chi connectivity index (χ2v) is 9.44. The summed E-state index contributed by atoms with van der Waals surface area (Å²) in [4.78, 5) is 7.14. The van der Waals surface area contributed by atoms with E-state index < -0.39 is 0 Å². The maximum atomic E-state index is 4.64. The van der Waals surface area contributed by atoms with Gasteiger partial charge >= 0.3 is 6.85 Å². The first-order chi connectivity index (χ1) is 18.4. The van der Waals surface area contributed by atoms with Crippen LogP contribution in [0, 0.1) is 0 Å². The average molecular weight is 473 g/mol. The zero-order valence-corrected chi connectivity index (χ0v) is 19.9. The normalized spacial score (nSPS) is 12.8. The number of hydrogen-bond acceptors (Lipinski definition) is 4. The Morgan fingerprint density at radius 2 is 1.30 bits per heavy atom. The van der Waals surface area contributed by atoms with Crippen molar-refractivity contribution < 1.29 is 0 Å². The second kappa shape index (κ2) is 7.77. The van der Waals surface area contributed by atoms with Gasteiger partial charge in [0, 0.05) is 28.7 Å². The molecule has 6 aromatic rings. The lowest BCUT2D eigenvalue weighted by Gasteiger charge is -2.43. The van der Waals surface area contributed by atoms with Crippen LogP contribution in [-0.4, -0.2) is 26.8 Å². The Balaban J connectivity index is 1.45. The summed E-state index contributed by atoms with van der Waals surface area (Å²) >= 11 is 0. The van der Waals surface area contributed by atoms with Crippen LogP contribution < -0.4 is 15.7 Å². The van der Waals surface area contributed by atoms with Gasteiger partial charge in [-0.2, -0.15) is 0 Å². The zero-order valence-electron chi connectivity index (χ0n) is 19.9. The number of fused-ring (bicyclic) bond motifs is 11. The largest absolute Gasteiger partial charge is 0.376 e.